The summed E-state index contributed by atoms with van der Waals surface area (Å²) >= 11 is 1.33. The molecule has 0 bridgehead atoms. The lowest BCUT2D eigenvalue weighted by Gasteiger charge is -2.36. The number of benzene rings is 5. The standard InChI is InChI=1S/C47H45N3O8S2/c1-31-12-22-40(23-13-31)60(55,56)50-42(26-32-7-3-2-4-8-32)44(52)49-28-34-9-5-10-38(25-34)35-18-20-37(21-19-35)47-57-39(30-59-45-41(46(53)54)11-6-24-48-45)27-43(58-47)36-16-14-33(29-51)15-17-36/h2-25,39,42-43,47,50-51H,26-30H2,1H3,(H,49,52)(H,53,54)/t39-,42+,43+,47+/m0/s1. The molecule has 7 rings (SSSR count). The van der Waals surface area contributed by atoms with Crippen molar-refractivity contribution < 1.29 is 37.7 Å². The zero-order valence-electron chi connectivity index (χ0n) is 32.8. The van der Waals surface area contributed by atoms with E-state index in [1.54, 1.807) is 24.4 Å². The smallest absolute Gasteiger partial charge is 0.338 e. The number of carbonyl (C=O) groups is 2. The second-order valence-corrected chi connectivity index (χ2v) is 17.3. The Morgan fingerprint density at radius 1 is 0.800 bits per heavy atom. The summed E-state index contributed by atoms with van der Waals surface area (Å²) in [5, 5.41) is 22.6. The van der Waals surface area contributed by atoms with Gasteiger partial charge in [-0.05, 0) is 77.1 Å². The van der Waals surface area contributed by atoms with Crippen LogP contribution in [0.25, 0.3) is 11.1 Å². The zero-order valence-corrected chi connectivity index (χ0v) is 34.4. The molecule has 0 spiro atoms. The molecular weight excluding hydrogens is 799 g/mol. The maximum atomic E-state index is 13.6. The second-order valence-electron chi connectivity index (χ2n) is 14.5. The van der Waals surface area contributed by atoms with Crippen LogP contribution in [0.5, 0.6) is 0 Å². The predicted octanol–water partition coefficient (Wildman–Crippen LogP) is 7.79. The topological polar surface area (TPSA) is 164 Å². The normalized spacial score (nSPS) is 17.1. The first kappa shape index (κ1) is 42.5. The highest BCUT2D eigenvalue weighted by molar-refractivity contribution is 7.99. The average Bonchev–Trinajstić information content (AvgIpc) is 3.28. The Balaban J connectivity index is 1.04. The summed E-state index contributed by atoms with van der Waals surface area (Å²) in [7, 11) is -3.98. The lowest BCUT2D eigenvalue weighted by atomic mass is 9.99. The number of hydrogen-bond acceptors (Lipinski definition) is 9. The summed E-state index contributed by atoms with van der Waals surface area (Å²) in [5.74, 6) is -1.03. The largest absolute Gasteiger partial charge is 0.478 e. The van der Waals surface area contributed by atoms with E-state index < -0.39 is 34.2 Å². The van der Waals surface area contributed by atoms with Gasteiger partial charge in [0, 0.05) is 30.5 Å². The van der Waals surface area contributed by atoms with Crippen LogP contribution in [-0.4, -0.2) is 53.4 Å². The van der Waals surface area contributed by atoms with E-state index in [1.807, 2.05) is 110 Å². The van der Waals surface area contributed by atoms with E-state index in [1.165, 1.54) is 30.0 Å². The van der Waals surface area contributed by atoms with Crippen molar-refractivity contribution >= 4 is 33.7 Å². The van der Waals surface area contributed by atoms with E-state index in [0.29, 0.717) is 17.2 Å². The first-order valence-corrected chi connectivity index (χ1v) is 21.9. The number of ether oxygens (including phenoxy) is 2. The quantitative estimate of drug-likeness (QED) is 0.0708. The van der Waals surface area contributed by atoms with Crippen molar-refractivity contribution in [1.82, 2.24) is 15.0 Å². The number of aliphatic hydroxyl groups excluding tert-OH is 1. The summed E-state index contributed by atoms with van der Waals surface area (Å²) in [4.78, 5) is 29.8. The Morgan fingerprint density at radius 3 is 2.23 bits per heavy atom. The molecule has 1 aliphatic heterocycles. The molecule has 11 nitrogen and oxygen atoms in total. The highest BCUT2D eigenvalue weighted by Crippen LogP contribution is 2.40. The summed E-state index contributed by atoms with van der Waals surface area (Å²) in [6.07, 6.45) is 0.954. The van der Waals surface area contributed by atoms with Crippen LogP contribution in [0.15, 0.2) is 156 Å². The van der Waals surface area contributed by atoms with Gasteiger partial charge in [0.15, 0.2) is 6.29 Å². The second kappa shape index (κ2) is 19.6. The number of nitrogens with one attached hydrogen (secondary N) is 2. The van der Waals surface area contributed by atoms with Crippen molar-refractivity contribution in [2.24, 2.45) is 0 Å². The van der Waals surface area contributed by atoms with E-state index in [9.17, 15) is 28.2 Å². The molecule has 1 amide bonds. The van der Waals surface area contributed by atoms with Gasteiger partial charge in [-0.15, -0.1) is 11.8 Å². The number of carbonyl (C=O) groups excluding carboxylic acids is 1. The van der Waals surface area contributed by atoms with E-state index in [-0.39, 0.29) is 42.2 Å². The maximum Gasteiger partial charge on any atom is 0.338 e. The Labute approximate surface area is 353 Å². The van der Waals surface area contributed by atoms with E-state index in [0.717, 1.165) is 44.5 Å². The van der Waals surface area contributed by atoms with Gasteiger partial charge in [-0.25, -0.2) is 18.2 Å². The van der Waals surface area contributed by atoms with Crippen LogP contribution >= 0.6 is 11.8 Å². The third-order valence-electron chi connectivity index (χ3n) is 10.2. The number of thioether (sulfide) groups is 1. The van der Waals surface area contributed by atoms with Crippen LogP contribution in [0.4, 0.5) is 0 Å². The molecule has 60 heavy (non-hydrogen) atoms. The molecule has 0 aliphatic carbocycles. The number of sulfonamides is 1. The Bertz CT molecular complexity index is 2500. The van der Waals surface area contributed by atoms with Gasteiger partial charge in [-0.2, -0.15) is 4.72 Å². The number of hydrogen-bond donors (Lipinski definition) is 4. The van der Waals surface area contributed by atoms with Gasteiger partial charge in [-0.3, -0.25) is 4.79 Å². The van der Waals surface area contributed by atoms with Crippen LogP contribution in [0.1, 0.15) is 62.6 Å². The van der Waals surface area contributed by atoms with Crippen molar-refractivity contribution in [1.29, 1.82) is 0 Å². The minimum atomic E-state index is -3.98. The molecule has 4 atom stereocenters. The predicted molar refractivity (Wildman–Crippen MR) is 230 cm³/mol. The summed E-state index contributed by atoms with van der Waals surface area (Å²) in [6.45, 7) is 1.99. The summed E-state index contributed by atoms with van der Waals surface area (Å²) < 4.78 is 42.3. The van der Waals surface area contributed by atoms with Crippen molar-refractivity contribution in [3.63, 3.8) is 0 Å². The molecule has 1 aromatic heterocycles. The fourth-order valence-electron chi connectivity index (χ4n) is 6.88. The molecule has 13 heteroatoms. The molecule has 5 aromatic carbocycles. The summed E-state index contributed by atoms with van der Waals surface area (Å²) in [6, 6.07) is 41.1. The van der Waals surface area contributed by atoms with E-state index in [4.69, 9.17) is 9.47 Å². The van der Waals surface area contributed by atoms with Crippen LogP contribution in [-0.2, 0) is 43.9 Å². The van der Waals surface area contributed by atoms with Gasteiger partial charge in [-0.1, -0.05) is 115 Å². The molecule has 1 saturated heterocycles. The van der Waals surface area contributed by atoms with E-state index in [2.05, 4.69) is 15.0 Å². The number of aliphatic hydroxyl groups is 1. The maximum absolute atomic E-state index is 13.6. The molecule has 1 aliphatic rings. The Hall–Kier alpha value is -5.67. The monoisotopic (exact) mass is 843 g/mol. The fourth-order valence-corrected chi connectivity index (χ4v) is 9.08. The SMILES string of the molecule is Cc1ccc(S(=O)(=O)N[C@H](Cc2ccccc2)C(=O)NCc2cccc(-c3ccc([C@@H]4O[C@H](CSc5ncccc5C(=O)O)C[C@H](c5ccc(CO)cc5)O4)cc3)c2)cc1. The van der Waals surface area contributed by atoms with E-state index >= 15 is 0 Å². The number of nitrogens with zero attached hydrogens (tertiary/aromatic N) is 1. The van der Waals surface area contributed by atoms with Crippen LogP contribution in [0, 0.1) is 6.92 Å². The van der Waals surface area contributed by atoms with Gasteiger partial charge >= 0.3 is 5.97 Å². The van der Waals surface area contributed by atoms with Gasteiger partial charge < -0.3 is 25.0 Å². The van der Waals surface area contributed by atoms with Gasteiger partial charge in [0.05, 0.1) is 29.3 Å². The number of rotatable bonds is 16. The Kier molecular flexibility index (Phi) is 13.9. The molecule has 2 heterocycles. The molecular formula is C47H45N3O8S2. The van der Waals surface area contributed by atoms with Crippen molar-refractivity contribution in [3.05, 3.63) is 185 Å². The average molecular weight is 844 g/mol. The third-order valence-corrected chi connectivity index (χ3v) is 12.8. The number of aryl methyl sites for hydroxylation is 1. The molecule has 308 valence electrons. The van der Waals surface area contributed by atoms with Crippen LogP contribution in [0.2, 0.25) is 0 Å². The molecule has 6 aromatic rings. The first-order chi connectivity index (χ1) is 29.0. The van der Waals surface area contributed by atoms with Gasteiger partial charge in [0.1, 0.15) is 11.1 Å². The molecule has 0 unspecified atom stereocenters. The number of carboxylic acids is 1. The lowest BCUT2D eigenvalue weighted by Crippen LogP contribution is -2.47. The van der Waals surface area contributed by atoms with Crippen molar-refractivity contribution in [3.8, 4) is 11.1 Å². The molecule has 4 N–H and O–H groups in total. The van der Waals surface area contributed by atoms with Crippen LogP contribution < -0.4 is 10.0 Å². The van der Waals surface area contributed by atoms with Crippen LogP contribution in [0.3, 0.4) is 0 Å². The minimum absolute atomic E-state index is 0.0647. The highest BCUT2D eigenvalue weighted by atomic mass is 32.2. The first-order valence-electron chi connectivity index (χ1n) is 19.5. The number of aromatic nitrogens is 1. The molecule has 0 saturated carbocycles. The number of pyridine rings is 1. The third kappa shape index (κ3) is 10.9. The molecule has 1 fully saturated rings. The van der Waals surface area contributed by atoms with Gasteiger partial charge in [0.25, 0.3) is 0 Å². The summed E-state index contributed by atoms with van der Waals surface area (Å²) in [5.41, 5.74) is 7.09. The van der Waals surface area contributed by atoms with Gasteiger partial charge in [0.2, 0.25) is 15.9 Å². The van der Waals surface area contributed by atoms with Crippen molar-refractivity contribution in [2.45, 2.75) is 67.4 Å². The minimum Gasteiger partial charge on any atom is -0.478 e. The van der Waals surface area contributed by atoms with Crippen molar-refractivity contribution in [2.75, 3.05) is 5.75 Å². The highest BCUT2D eigenvalue weighted by Gasteiger charge is 2.33. The number of amides is 1. The zero-order chi connectivity index (χ0) is 42.1. The number of carboxylic acid groups (broad SMARTS) is 1. The molecule has 0 radical (unpaired) electrons. The lowest BCUT2D eigenvalue weighted by molar-refractivity contribution is -0.245. The Morgan fingerprint density at radius 2 is 1.52 bits per heavy atom. The number of aromatic carboxylic acids is 1. The fraction of sp³-hybridized carbons (Fsp3) is 0.213.